The van der Waals surface area contributed by atoms with E-state index in [1.54, 1.807) is 14.2 Å². The average molecular weight is 262 g/mol. The van der Waals surface area contributed by atoms with Crippen molar-refractivity contribution in [2.75, 3.05) is 19.5 Å². The fraction of sp³-hybridized carbons (Fsp3) is 0.231. The van der Waals surface area contributed by atoms with Gasteiger partial charge in [0.15, 0.2) is 10.9 Å². The molecule has 5 heteroatoms. The standard InChI is InChI=1S/C13H14N2O2S/c1-8(16)11-12(18-13(14-2)15-11)9-6-4-5-7-10(9)17-3/h4-7H,1-3H3,(H,14,15). The van der Waals surface area contributed by atoms with Gasteiger partial charge in [-0.25, -0.2) is 4.98 Å². The lowest BCUT2D eigenvalue weighted by molar-refractivity contribution is 0.101. The maximum atomic E-state index is 11.6. The summed E-state index contributed by atoms with van der Waals surface area (Å²) in [7, 11) is 3.40. The van der Waals surface area contributed by atoms with Gasteiger partial charge in [0.1, 0.15) is 11.4 Å². The molecule has 0 unspecified atom stereocenters. The first kappa shape index (κ1) is 12.6. The summed E-state index contributed by atoms with van der Waals surface area (Å²) in [5.41, 5.74) is 1.37. The van der Waals surface area contributed by atoms with Gasteiger partial charge in [-0.15, -0.1) is 0 Å². The van der Waals surface area contributed by atoms with Crippen LogP contribution in [0.15, 0.2) is 24.3 Å². The number of benzene rings is 1. The smallest absolute Gasteiger partial charge is 0.183 e. The Morgan fingerprint density at radius 3 is 2.72 bits per heavy atom. The van der Waals surface area contributed by atoms with Gasteiger partial charge in [0, 0.05) is 19.5 Å². The molecule has 1 N–H and O–H groups in total. The molecule has 18 heavy (non-hydrogen) atoms. The van der Waals surface area contributed by atoms with Crippen molar-refractivity contribution in [2.45, 2.75) is 6.92 Å². The first-order chi connectivity index (χ1) is 8.67. The minimum Gasteiger partial charge on any atom is -0.496 e. The zero-order valence-electron chi connectivity index (χ0n) is 10.5. The zero-order chi connectivity index (χ0) is 13.1. The molecule has 1 heterocycles. The first-order valence-electron chi connectivity index (χ1n) is 5.50. The molecule has 0 bridgehead atoms. The molecule has 1 aromatic carbocycles. The van der Waals surface area contributed by atoms with Crippen molar-refractivity contribution in [3.63, 3.8) is 0 Å². The number of nitrogens with one attached hydrogen (secondary N) is 1. The highest BCUT2D eigenvalue weighted by atomic mass is 32.1. The molecule has 1 aromatic heterocycles. The summed E-state index contributed by atoms with van der Waals surface area (Å²) in [6.45, 7) is 1.52. The Bertz CT molecular complexity index is 578. The molecule has 0 saturated carbocycles. The molecule has 2 aromatic rings. The van der Waals surface area contributed by atoms with Crippen LogP contribution in [0.2, 0.25) is 0 Å². The van der Waals surface area contributed by atoms with Gasteiger partial charge in [-0.2, -0.15) is 0 Å². The summed E-state index contributed by atoms with van der Waals surface area (Å²) in [6.07, 6.45) is 0. The zero-order valence-corrected chi connectivity index (χ0v) is 11.3. The van der Waals surface area contributed by atoms with Crippen LogP contribution in [0.3, 0.4) is 0 Å². The van der Waals surface area contributed by atoms with E-state index in [9.17, 15) is 4.79 Å². The van der Waals surface area contributed by atoms with Crippen LogP contribution in [0, 0.1) is 0 Å². The Morgan fingerprint density at radius 1 is 1.39 bits per heavy atom. The minimum absolute atomic E-state index is 0.0475. The predicted molar refractivity (Wildman–Crippen MR) is 73.7 cm³/mol. The van der Waals surface area contributed by atoms with Crippen LogP contribution in [0.1, 0.15) is 17.4 Å². The second kappa shape index (κ2) is 5.18. The van der Waals surface area contributed by atoms with Gasteiger partial charge >= 0.3 is 0 Å². The fourth-order valence-electron chi connectivity index (χ4n) is 1.68. The van der Waals surface area contributed by atoms with E-state index in [0.717, 1.165) is 21.3 Å². The van der Waals surface area contributed by atoms with Gasteiger partial charge in [0.25, 0.3) is 0 Å². The predicted octanol–water partition coefficient (Wildman–Crippen LogP) is 3.06. The lowest BCUT2D eigenvalue weighted by Crippen LogP contribution is -1.96. The van der Waals surface area contributed by atoms with E-state index in [0.29, 0.717) is 5.69 Å². The summed E-state index contributed by atoms with van der Waals surface area (Å²) in [4.78, 5) is 16.8. The van der Waals surface area contributed by atoms with Crippen molar-refractivity contribution in [2.24, 2.45) is 0 Å². The average Bonchev–Trinajstić information content (AvgIpc) is 2.83. The van der Waals surface area contributed by atoms with Crippen LogP contribution in [-0.2, 0) is 0 Å². The van der Waals surface area contributed by atoms with Crippen molar-refractivity contribution >= 4 is 22.3 Å². The van der Waals surface area contributed by atoms with Gasteiger partial charge in [0.2, 0.25) is 0 Å². The second-order valence-electron chi connectivity index (χ2n) is 3.70. The molecule has 0 aliphatic rings. The minimum atomic E-state index is -0.0475. The van der Waals surface area contributed by atoms with Crippen molar-refractivity contribution in [1.29, 1.82) is 0 Å². The number of ether oxygens (including phenoxy) is 1. The van der Waals surface area contributed by atoms with Gasteiger partial charge in [-0.3, -0.25) is 4.79 Å². The number of Topliss-reactive ketones (excluding diaryl/α,β-unsaturated/α-hetero) is 1. The largest absolute Gasteiger partial charge is 0.496 e. The second-order valence-corrected chi connectivity index (χ2v) is 4.70. The molecule has 2 rings (SSSR count). The lowest BCUT2D eigenvalue weighted by atomic mass is 10.1. The Hall–Kier alpha value is -1.88. The summed E-state index contributed by atoms with van der Waals surface area (Å²) in [5, 5.41) is 3.69. The quantitative estimate of drug-likeness (QED) is 0.860. The maximum Gasteiger partial charge on any atom is 0.183 e. The Balaban J connectivity index is 2.62. The first-order valence-corrected chi connectivity index (χ1v) is 6.32. The molecule has 4 nitrogen and oxygen atoms in total. The van der Waals surface area contributed by atoms with Crippen LogP contribution >= 0.6 is 11.3 Å². The lowest BCUT2D eigenvalue weighted by Gasteiger charge is -2.06. The third-order valence-corrected chi connectivity index (χ3v) is 3.63. The molecule has 94 valence electrons. The number of para-hydroxylation sites is 1. The van der Waals surface area contributed by atoms with E-state index >= 15 is 0 Å². The highest BCUT2D eigenvalue weighted by Crippen LogP contribution is 2.38. The monoisotopic (exact) mass is 262 g/mol. The number of aromatic nitrogens is 1. The molecular weight excluding hydrogens is 248 g/mol. The molecule has 0 radical (unpaired) electrons. The molecular formula is C13H14N2O2S. The number of nitrogens with zero attached hydrogens (tertiary/aromatic N) is 1. The van der Waals surface area contributed by atoms with Crippen LogP contribution in [0.4, 0.5) is 5.13 Å². The number of rotatable bonds is 4. The van der Waals surface area contributed by atoms with Crippen LogP contribution in [0.5, 0.6) is 5.75 Å². The normalized spacial score (nSPS) is 10.2. The molecule has 0 spiro atoms. The Morgan fingerprint density at radius 2 is 2.11 bits per heavy atom. The van der Waals surface area contributed by atoms with E-state index in [-0.39, 0.29) is 5.78 Å². The number of carbonyl (C=O) groups is 1. The summed E-state index contributed by atoms with van der Waals surface area (Å²) in [6, 6.07) is 7.62. The molecule has 0 fully saturated rings. The SMILES string of the molecule is CNc1nc(C(C)=O)c(-c2ccccc2OC)s1. The van der Waals surface area contributed by atoms with E-state index < -0.39 is 0 Å². The number of hydrogen-bond donors (Lipinski definition) is 1. The number of hydrogen-bond acceptors (Lipinski definition) is 5. The topological polar surface area (TPSA) is 51.2 Å². The van der Waals surface area contributed by atoms with E-state index in [1.807, 2.05) is 24.3 Å². The van der Waals surface area contributed by atoms with E-state index in [4.69, 9.17) is 4.74 Å². The fourth-order valence-corrected chi connectivity index (χ4v) is 2.68. The van der Waals surface area contributed by atoms with Crippen molar-refractivity contribution in [3.05, 3.63) is 30.0 Å². The molecule has 0 saturated heterocycles. The highest BCUT2D eigenvalue weighted by molar-refractivity contribution is 7.19. The van der Waals surface area contributed by atoms with Crippen LogP contribution < -0.4 is 10.1 Å². The number of anilines is 1. The van der Waals surface area contributed by atoms with Gasteiger partial charge in [0.05, 0.1) is 12.0 Å². The van der Waals surface area contributed by atoms with Gasteiger partial charge in [-0.05, 0) is 12.1 Å². The Labute approximate surface area is 110 Å². The molecule has 0 aliphatic carbocycles. The van der Waals surface area contributed by atoms with Gasteiger partial charge in [-0.1, -0.05) is 23.5 Å². The highest BCUT2D eigenvalue weighted by Gasteiger charge is 2.18. The van der Waals surface area contributed by atoms with Crippen molar-refractivity contribution < 1.29 is 9.53 Å². The van der Waals surface area contributed by atoms with E-state index in [2.05, 4.69) is 10.3 Å². The van der Waals surface area contributed by atoms with Crippen LogP contribution in [-0.4, -0.2) is 24.9 Å². The number of thiazole rings is 1. The third kappa shape index (κ3) is 2.22. The number of carbonyl (C=O) groups excluding carboxylic acids is 1. The molecule has 0 atom stereocenters. The van der Waals surface area contributed by atoms with Crippen LogP contribution in [0.25, 0.3) is 10.4 Å². The Kier molecular flexibility index (Phi) is 3.62. The number of ketones is 1. The molecule has 0 amide bonds. The summed E-state index contributed by atoms with van der Waals surface area (Å²) >= 11 is 1.45. The maximum absolute atomic E-state index is 11.6. The summed E-state index contributed by atoms with van der Waals surface area (Å²) in [5.74, 6) is 0.694. The third-order valence-electron chi connectivity index (χ3n) is 2.53. The number of methoxy groups -OCH3 is 1. The van der Waals surface area contributed by atoms with Crippen molar-refractivity contribution in [3.8, 4) is 16.2 Å². The summed E-state index contributed by atoms with van der Waals surface area (Å²) < 4.78 is 5.32. The van der Waals surface area contributed by atoms with E-state index in [1.165, 1.54) is 18.3 Å². The van der Waals surface area contributed by atoms with Gasteiger partial charge < -0.3 is 10.1 Å². The molecule has 0 aliphatic heterocycles. The van der Waals surface area contributed by atoms with Crippen molar-refractivity contribution in [1.82, 2.24) is 4.98 Å².